The molecule has 0 bridgehead atoms. The molecule has 0 aliphatic rings. The summed E-state index contributed by atoms with van der Waals surface area (Å²) in [5.41, 5.74) is 1.95. The summed E-state index contributed by atoms with van der Waals surface area (Å²) >= 11 is 0. The van der Waals surface area contributed by atoms with Gasteiger partial charge in [0.15, 0.2) is 0 Å². The Labute approximate surface area is 136 Å². The number of hydrogen-bond donors (Lipinski definition) is 0. The van der Waals surface area contributed by atoms with Crippen molar-refractivity contribution in [1.29, 1.82) is 5.26 Å². The van der Waals surface area contributed by atoms with Crippen molar-refractivity contribution in [2.45, 2.75) is 19.8 Å². The van der Waals surface area contributed by atoms with Crippen molar-refractivity contribution in [3.63, 3.8) is 0 Å². The van der Waals surface area contributed by atoms with Gasteiger partial charge in [0, 0.05) is 12.2 Å². The van der Waals surface area contributed by atoms with Crippen LogP contribution < -0.4 is 9.64 Å². The third-order valence-corrected chi connectivity index (χ3v) is 3.42. The zero-order valence-electron chi connectivity index (χ0n) is 13.2. The smallest absolute Gasteiger partial charge is 0.230 e. The van der Waals surface area contributed by atoms with Crippen LogP contribution in [-0.2, 0) is 4.79 Å². The normalized spacial score (nSPS) is 9.91. The van der Waals surface area contributed by atoms with Crippen LogP contribution in [0.25, 0.3) is 0 Å². The molecule has 1 amide bonds. The second-order valence-electron chi connectivity index (χ2n) is 5.20. The predicted molar refractivity (Wildman–Crippen MR) is 90.3 cm³/mol. The largest absolute Gasteiger partial charge is 0.493 e. The molecule has 118 valence electrons. The highest BCUT2D eigenvalue weighted by Gasteiger charge is 2.15. The van der Waals surface area contributed by atoms with Gasteiger partial charge in [0.05, 0.1) is 25.5 Å². The Balaban J connectivity index is 1.96. The Morgan fingerprint density at radius 1 is 1.13 bits per heavy atom. The molecule has 0 fully saturated rings. The summed E-state index contributed by atoms with van der Waals surface area (Å²) in [5, 5.41) is 8.80. The van der Waals surface area contributed by atoms with Gasteiger partial charge in [-0.2, -0.15) is 5.26 Å². The topological polar surface area (TPSA) is 53.3 Å². The number of aryl methyl sites for hydroxylation is 1. The lowest BCUT2D eigenvalue weighted by atomic mass is 10.2. The Morgan fingerprint density at radius 2 is 1.83 bits per heavy atom. The maximum absolute atomic E-state index is 12.5. The van der Waals surface area contributed by atoms with Crippen molar-refractivity contribution in [2.75, 3.05) is 18.1 Å². The first-order valence-corrected chi connectivity index (χ1v) is 7.62. The molecule has 0 radical (unpaired) electrons. The molecule has 0 aliphatic heterocycles. The van der Waals surface area contributed by atoms with E-state index < -0.39 is 0 Å². The van der Waals surface area contributed by atoms with Gasteiger partial charge in [-0.25, -0.2) is 0 Å². The molecule has 0 N–H and O–H groups in total. The molecule has 0 saturated heterocycles. The standard InChI is InChI=1S/C19H20N2O2/c1-16-8-10-17(11-9-16)21(14-5-13-20)19(22)12-15-23-18-6-3-2-4-7-18/h2-4,6-11H,5,12,14-15H2,1H3. The van der Waals surface area contributed by atoms with Crippen LogP contribution in [0.15, 0.2) is 54.6 Å². The van der Waals surface area contributed by atoms with Crippen molar-refractivity contribution in [3.8, 4) is 11.8 Å². The molecule has 23 heavy (non-hydrogen) atoms. The van der Waals surface area contributed by atoms with Crippen LogP contribution in [0.3, 0.4) is 0 Å². The van der Waals surface area contributed by atoms with Crippen molar-refractivity contribution < 1.29 is 9.53 Å². The maximum atomic E-state index is 12.5. The third-order valence-electron chi connectivity index (χ3n) is 3.42. The summed E-state index contributed by atoms with van der Waals surface area (Å²) in [6.45, 7) is 2.71. The fourth-order valence-corrected chi connectivity index (χ4v) is 2.19. The van der Waals surface area contributed by atoms with Gasteiger partial charge in [0.1, 0.15) is 5.75 Å². The van der Waals surface area contributed by atoms with Crippen LogP contribution in [0, 0.1) is 18.3 Å². The average molecular weight is 308 g/mol. The van der Waals surface area contributed by atoms with E-state index in [2.05, 4.69) is 6.07 Å². The van der Waals surface area contributed by atoms with Gasteiger partial charge in [-0.3, -0.25) is 4.79 Å². The Morgan fingerprint density at radius 3 is 2.48 bits per heavy atom. The van der Waals surface area contributed by atoms with Gasteiger partial charge in [-0.05, 0) is 31.2 Å². The summed E-state index contributed by atoms with van der Waals surface area (Å²) < 4.78 is 5.57. The molecule has 0 atom stereocenters. The summed E-state index contributed by atoms with van der Waals surface area (Å²) in [4.78, 5) is 14.1. The molecule has 2 aromatic rings. The number of carbonyl (C=O) groups is 1. The number of nitriles is 1. The molecule has 0 spiro atoms. The average Bonchev–Trinajstić information content (AvgIpc) is 2.58. The minimum Gasteiger partial charge on any atom is -0.493 e. The van der Waals surface area contributed by atoms with Crippen LogP contribution in [-0.4, -0.2) is 19.1 Å². The minimum atomic E-state index is -0.0416. The van der Waals surface area contributed by atoms with E-state index in [4.69, 9.17) is 10.00 Å². The third kappa shape index (κ3) is 5.15. The van der Waals surface area contributed by atoms with E-state index in [-0.39, 0.29) is 12.3 Å². The van der Waals surface area contributed by atoms with Gasteiger partial charge in [-0.1, -0.05) is 35.9 Å². The Bertz CT molecular complexity index is 660. The first-order chi connectivity index (χ1) is 11.2. The number of nitrogens with zero attached hydrogens (tertiary/aromatic N) is 2. The number of benzene rings is 2. The van der Waals surface area contributed by atoms with E-state index in [0.717, 1.165) is 17.0 Å². The lowest BCUT2D eigenvalue weighted by molar-refractivity contribution is -0.119. The highest BCUT2D eigenvalue weighted by molar-refractivity contribution is 5.93. The Hall–Kier alpha value is -2.80. The SMILES string of the molecule is Cc1ccc(N(CCC#N)C(=O)CCOc2ccccc2)cc1. The fourth-order valence-electron chi connectivity index (χ4n) is 2.19. The fraction of sp³-hybridized carbons (Fsp3) is 0.263. The summed E-state index contributed by atoms with van der Waals surface area (Å²) in [5.74, 6) is 0.708. The summed E-state index contributed by atoms with van der Waals surface area (Å²) in [7, 11) is 0. The summed E-state index contributed by atoms with van der Waals surface area (Å²) in [6.07, 6.45) is 0.577. The van der Waals surface area contributed by atoms with Crippen LogP contribution in [0.4, 0.5) is 5.69 Å². The van der Waals surface area contributed by atoms with E-state index >= 15 is 0 Å². The molecule has 0 saturated carbocycles. The quantitative estimate of drug-likeness (QED) is 0.783. The highest BCUT2D eigenvalue weighted by Crippen LogP contribution is 2.17. The van der Waals surface area contributed by atoms with Crippen molar-refractivity contribution in [3.05, 3.63) is 60.2 Å². The zero-order chi connectivity index (χ0) is 16.5. The first-order valence-electron chi connectivity index (χ1n) is 7.62. The first kappa shape index (κ1) is 16.6. The van der Waals surface area contributed by atoms with Crippen LogP contribution >= 0.6 is 0 Å². The number of hydrogen-bond acceptors (Lipinski definition) is 3. The van der Waals surface area contributed by atoms with Crippen molar-refractivity contribution in [1.82, 2.24) is 0 Å². The number of para-hydroxylation sites is 1. The lowest BCUT2D eigenvalue weighted by Gasteiger charge is -2.22. The van der Waals surface area contributed by atoms with E-state index in [1.807, 2.05) is 61.5 Å². The van der Waals surface area contributed by atoms with Gasteiger partial charge in [-0.15, -0.1) is 0 Å². The molecular weight excluding hydrogens is 288 g/mol. The molecule has 0 heterocycles. The maximum Gasteiger partial charge on any atom is 0.230 e. The second kappa shape index (κ2) is 8.60. The van der Waals surface area contributed by atoms with Crippen LogP contribution in [0.2, 0.25) is 0 Å². The van der Waals surface area contributed by atoms with Crippen LogP contribution in [0.5, 0.6) is 5.75 Å². The second-order valence-corrected chi connectivity index (χ2v) is 5.20. The van der Waals surface area contributed by atoms with Gasteiger partial charge in [0.25, 0.3) is 0 Å². The predicted octanol–water partition coefficient (Wildman–Crippen LogP) is 3.71. The molecule has 0 unspecified atom stereocenters. The van der Waals surface area contributed by atoms with E-state index in [1.165, 1.54) is 0 Å². The van der Waals surface area contributed by atoms with Crippen molar-refractivity contribution >= 4 is 11.6 Å². The van der Waals surface area contributed by atoms with Gasteiger partial charge < -0.3 is 9.64 Å². The number of ether oxygens (including phenoxy) is 1. The summed E-state index contributed by atoms with van der Waals surface area (Å²) in [6, 6.07) is 19.2. The van der Waals surface area contributed by atoms with Gasteiger partial charge >= 0.3 is 0 Å². The highest BCUT2D eigenvalue weighted by atomic mass is 16.5. The minimum absolute atomic E-state index is 0.0416. The molecule has 2 rings (SSSR count). The van der Waals surface area contributed by atoms with E-state index in [1.54, 1.807) is 4.90 Å². The van der Waals surface area contributed by atoms with E-state index in [0.29, 0.717) is 19.6 Å². The zero-order valence-corrected chi connectivity index (χ0v) is 13.2. The number of rotatable bonds is 7. The van der Waals surface area contributed by atoms with E-state index in [9.17, 15) is 4.79 Å². The van der Waals surface area contributed by atoms with Crippen LogP contribution in [0.1, 0.15) is 18.4 Å². The number of anilines is 1. The molecule has 0 aliphatic carbocycles. The monoisotopic (exact) mass is 308 g/mol. The molecule has 2 aromatic carbocycles. The molecule has 4 heteroatoms. The van der Waals surface area contributed by atoms with Crippen molar-refractivity contribution in [2.24, 2.45) is 0 Å². The molecular formula is C19H20N2O2. The molecule has 0 aromatic heterocycles. The number of carbonyl (C=O) groups excluding carboxylic acids is 1. The lowest BCUT2D eigenvalue weighted by Crippen LogP contribution is -2.32. The Kier molecular flexibility index (Phi) is 6.19. The van der Waals surface area contributed by atoms with Gasteiger partial charge in [0.2, 0.25) is 5.91 Å². The number of amides is 1. The molecule has 4 nitrogen and oxygen atoms in total.